The van der Waals surface area contributed by atoms with Crippen LogP contribution in [0.2, 0.25) is 0 Å². The molecule has 4 heteroatoms. The van der Waals surface area contributed by atoms with Gasteiger partial charge >= 0.3 is 6.09 Å². The number of rotatable bonds is 4. The van der Waals surface area contributed by atoms with Crippen LogP contribution >= 0.6 is 0 Å². The first-order valence-corrected chi connectivity index (χ1v) is 6.44. The molecular formula is C14H20N2O2. The summed E-state index contributed by atoms with van der Waals surface area (Å²) >= 11 is 0. The van der Waals surface area contributed by atoms with Gasteiger partial charge in [-0.3, -0.25) is 0 Å². The molecule has 18 heavy (non-hydrogen) atoms. The quantitative estimate of drug-likeness (QED) is 0.861. The molecule has 2 rings (SSSR count). The molecule has 1 aromatic carbocycles. The average Bonchev–Trinajstić information content (AvgIpc) is 2.72. The monoisotopic (exact) mass is 248 g/mol. The maximum Gasteiger partial charge on any atom is 0.407 e. The van der Waals surface area contributed by atoms with Crippen molar-refractivity contribution in [3.05, 3.63) is 29.8 Å². The molecule has 0 radical (unpaired) electrons. The number of carbonyl (C=O) groups is 1. The average molecular weight is 248 g/mol. The molecule has 0 fully saturated rings. The number of para-hydroxylation sites is 1. The minimum Gasteiger partial charge on any atom is -0.447 e. The number of nitrogens with one attached hydrogen (secondary N) is 2. The maximum absolute atomic E-state index is 11.3. The van der Waals surface area contributed by atoms with E-state index < -0.39 is 0 Å². The van der Waals surface area contributed by atoms with E-state index in [0.29, 0.717) is 12.5 Å². The van der Waals surface area contributed by atoms with Gasteiger partial charge in [-0.2, -0.15) is 0 Å². The SMILES string of the molecule is CC(C)OC(=O)NCCC1CNc2ccccc21. The van der Waals surface area contributed by atoms with Crippen molar-refractivity contribution in [1.82, 2.24) is 5.32 Å². The fourth-order valence-electron chi connectivity index (χ4n) is 2.22. The predicted molar refractivity (Wildman–Crippen MR) is 71.9 cm³/mol. The third-order valence-electron chi connectivity index (χ3n) is 3.04. The van der Waals surface area contributed by atoms with E-state index in [9.17, 15) is 4.79 Å². The summed E-state index contributed by atoms with van der Waals surface area (Å²) in [5, 5.41) is 6.16. The summed E-state index contributed by atoms with van der Waals surface area (Å²) in [6, 6.07) is 8.33. The van der Waals surface area contributed by atoms with Crippen LogP contribution < -0.4 is 10.6 Å². The first-order valence-electron chi connectivity index (χ1n) is 6.44. The summed E-state index contributed by atoms with van der Waals surface area (Å²) in [7, 11) is 0. The fourth-order valence-corrected chi connectivity index (χ4v) is 2.22. The summed E-state index contributed by atoms with van der Waals surface area (Å²) in [6.45, 7) is 5.28. The zero-order valence-corrected chi connectivity index (χ0v) is 10.9. The van der Waals surface area contributed by atoms with Crippen molar-refractivity contribution in [2.75, 3.05) is 18.4 Å². The Labute approximate surface area is 108 Å². The Kier molecular flexibility index (Phi) is 4.07. The van der Waals surface area contributed by atoms with Crippen molar-refractivity contribution < 1.29 is 9.53 Å². The van der Waals surface area contributed by atoms with E-state index >= 15 is 0 Å². The topological polar surface area (TPSA) is 50.4 Å². The van der Waals surface area contributed by atoms with E-state index in [2.05, 4.69) is 28.8 Å². The van der Waals surface area contributed by atoms with Crippen LogP contribution in [0.1, 0.15) is 31.7 Å². The lowest BCUT2D eigenvalue weighted by atomic mass is 9.98. The molecule has 98 valence electrons. The second-order valence-electron chi connectivity index (χ2n) is 4.83. The van der Waals surface area contributed by atoms with Crippen LogP contribution in [0.5, 0.6) is 0 Å². The van der Waals surface area contributed by atoms with Crippen LogP contribution in [0.15, 0.2) is 24.3 Å². The third-order valence-corrected chi connectivity index (χ3v) is 3.04. The number of ether oxygens (including phenoxy) is 1. The Balaban J connectivity index is 1.77. The highest BCUT2D eigenvalue weighted by molar-refractivity contribution is 5.67. The van der Waals surface area contributed by atoms with Gasteiger partial charge in [-0.1, -0.05) is 18.2 Å². The number of benzene rings is 1. The van der Waals surface area contributed by atoms with Crippen LogP contribution in [0, 0.1) is 0 Å². The summed E-state index contributed by atoms with van der Waals surface area (Å²) < 4.78 is 5.02. The number of alkyl carbamates (subject to hydrolysis) is 1. The van der Waals surface area contributed by atoms with Crippen molar-refractivity contribution in [2.45, 2.75) is 32.3 Å². The van der Waals surface area contributed by atoms with Gasteiger partial charge in [0.1, 0.15) is 0 Å². The standard InChI is InChI=1S/C14H20N2O2/c1-10(2)18-14(17)15-8-7-11-9-16-13-6-4-3-5-12(11)13/h3-6,10-11,16H,7-9H2,1-2H3,(H,15,17). The number of fused-ring (bicyclic) bond motifs is 1. The van der Waals surface area contributed by atoms with E-state index in [4.69, 9.17) is 4.74 Å². The number of anilines is 1. The zero-order valence-electron chi connectivity index (χ0n) is 10.9. The lowest BCUT2D eigenvalue weighted by Gasteiger charge is -2.12. The molecule has 0 aromatic heterocycles. The summed E-state index contributed by atoms with van der Waals surface area (Å²) in [5.41, 5.74) is 2.56. The number of amides is 1. The summed E-state index contributed by atoms with van der Waals surface area (Å²) in [6.07, 6.45) is 0.528. The smallest absolute Gasteiger partial charge is 0.407 e. The van der Waals surface area contributed by atoms with E-state index in [1.165, 1.54) is 11.3 Å². The van der Waals surface area contributed by atoms with E-state index in [1.54, 1.807) is 0 Å². The van der Waals surface area contributed by atoms with Crippen molar-refractivity contribution in [1.29, 1.82) is 0 Å². The van der Waals surface area contributed by atoms with Gasteiger partial charge in [-0.15, -0.1) is 0 Å². The van der Waals surface area contributed by atoms with Gasteiger partial charge in [-0.25, -0.2) is 4.79 Å². The second-order valence-corrected chi connectivity index (χ2v) is 4.83. The van der Waals surface area contributed by atoms with Gasteiger partial charge in [0.2, 0.25) is 0 Å². The molecule has 0 saturated heterocycles. The molecule has 2 N–H and O–H groups in total. The predicted octanol–water partition coefficient (Wildman–Crippen LogP) is 2.72. The Morgan fingerprint density at radius 3 is 3.06 bits per heavy atom. The van der Waals surface area contributed by atoms with E-state index in [0.717, 1.165) is 13.0 Å². The minimum atomic E-state index is -0.329. The Morgan fingerprint density at radius 1 is 1.50 bits per heavy atom. The first-order chi connectivity index (χ1) is 8.66. The van der Waals surface area contributed by atoms with Gasteiger partial charge in [0.05, 0.1) is 6.10 Å². The molecule has 1 amide bonds. The fraction of sp³-hybridized carbons (Fsp3) is 0.500. The van der Waals surface area contributed by atoms with Gasteiger partial charge in [0, 0.05) is 24.7 Å². The van der Waals surface area contributed by atoms with E-state index in [-0.39, 0.29) is 12.2 Å². The Hall–Kier alpha value is -1.71. The van der Waals surface area contributed by atoms with Crippen LogP contribution in [0.4, 0.5) is 10.5 Å². The highest BCUT2D eigenvalue weighted by Gasteiger charge is 2.21. The molecular weight excluding hydrogens is 228 g/mol. The third kappa shape index (κ3) is 3.15. The second kappa shape index (κ2) is 5.76. The lowest BCUT2D eigenvalue weighted by molar-refractivity contribution is 0.115. The molecule has 1 aliphatic rings. The number of hydrogen-bond donors (Lipinski definition) is 2. The number of hydrogen-bond acceptors (Lipinski definition) is 3. The van der Waals surface area contributed by atoms with Crippen LogP contribution in [-0.4, -0.2) is 25.3 Å². The zero-order chi connectivity index (χ0) is 13.0. The molecule has 1 unspecified atom stereocenters. The Bertz CT molecular complexity index is 418. The van der Waals surface area contributed by atoms with Gasteiger partial charge in [-0.05, 0) is 31.9 Å². The van der Waals surface area contributed by atoms with Crippen LogP contribution in [0.25, 0.3) is 0 Å². The largest absolute Gasteiger partial charge is 0.447 e. The van der Waals surface area contributed by atoms with Crippen LogP contribution in [0.3, 0.4) is 0 Å². The molecule has 0 spiro atoms. The molecule has 1 aliphatic heterocycles. The molecule has 1 atom stereocenters. The minimum absolute atomic E-state index is 0.0705. The van der Waals surface area contributed by atoms with Crippen molar-refractivity contribution >= 4 is 11.8 Å². The maximum atomic E-state index is 11.3. The molecule has 0 aliphatic carbocycles. The lowest BCUT2D eigenvalue weighted by Crippen LogP contribution is -2.28. The first kappa shape index (κ1) is 12.7. The summed E-state index contributed by atoms with van der Waals surface area (Å²) in [4.78, 5) is 11.3. The van der Waals surface area contributed by atoms with Gasteiger partial charge in [0.25, 0.3) is 0 Å². The molecule has 0 saturated carbocycles. The molecule has 4 nitrogen and oxygen atoms in total. The molecule has 0 bridgehead atoms. The van der Waals surface area contributed by atoms with Crippen molar-refractivity contribution in [3.63, 3.8) is 0 Å². The highest BCUT2D eigenvalue weighted by Crippen LogP contribution is 2.32. The van der Waals surface area contributed by atoms with E-state index in [1.807, 2.05) is 19.9 Å². The number of carbonyl (C=O) groups excluding carboxylic acids is 1. The molecule has 1 heterocycles. The summed E-state index contributed by atoms with van der Waals surface area (Å²) in [5.74, 6) is 0.473. The van der Waals surface area contributed by atoms with Crippen LogP contribution in [-0.2, 0) is 4.74 Å². The highest BCUT2D eigenvalue weighted by atomic mass is 16.6. The Morgan fingerprint density at radius 2 is 2.28 bits per heavy atom. The van der Waals surface area contributed by atoms with Gasteiger partial charge < -0.3 is 15.4 Å². The normalized spacial score (nSPS) is 17.2. The van der Waals surface area contributed by atoms with Crippen molar-refractivity contribution in [3.8, 4) is 0 Å². The van der Waals surface area contributed by atoms with Crippen molar-refractivity contribution in [2.24, 2.45) is 0 Å². The van der Waals surface area contributed by atoms with Gasteiger partial charge in [0.15, 0.2) is 0 Å². The molecule has 1 aromatic rings.